The molecule has 0 bridgehead atoms. The van der Waals surface area contributed by atoms with Gasteiger partial charge in [0.2, 0.25) is 0 Å². The second-order valence-corrected chi connectivity index (χ2v) is 4.32. The van der Waals surface area contributed by atoms with E-state index < -0.39 is 29.2 Å². The average Bonchev–Trinajstić information content (AvgIpc) is 2.38. The SMILES string of the molecule is Fc1cc(CNc2cc(F)ccc2F)cc(C(F)(F)F)c1. The summed E-state index contributed by atoms with van der Waals surface area (Å²) in [6.07, 6.45) is -4.68. The lowest BCUT2D eigenvalue weighted by molar-refractivity contribution is -0.137. The number of nitrogens with one attached hydrogen (secondary N) is 1. The minimum absolute atomic E-state index is 0.0361. The molecule has 0 saturated carbocycles. The van der Waals surface area contributed by atoms with Crippen molar-refractivity contribution in [3.63, 3.8) is 0 Å². The molecule has 0 amide bonds. The molecule has 2 aromatic rings. The van der Waals surface area contributed by atoms with Crippen LogP contribution in [-0.4, -0.2) is 0 Å². The first-order valence-corrected chi connectivity index (χ1v) is 5.81. The van der Waals surface area contributed by atoms with Crippen molar-refractivity contribution in [3.8, 4) is 0 Å². The molecule has 0 unspecified atom stereocenters. The summed E-state index contributed by atoms with van der Waals surface area (Å²) < 4.78 is 77.0. The molecule has 21 heavy (non-hydrogen) atoms. The summed E-state index contributed by atoms with van der Waals surface area (Å²) in [6, 6.07) is 4.65. The van der Waals surface area contributed by atoms with E-state index in [9.17, 15) is 26.3 Å². The second-order valence-electron chi connectivity index (χ2n) is 4.32. The van der Waals surface area contributed by atoms with E-state index in [2.05, 4.69) is 5.32 Å². The van der Waals surface area contributed by atoms with Gasteiger partial charge < -0.3 is 5.32 Å². The largest absolute Gasteiger partial charge is 0.416 e. The van der Waals surface area contributed by atoms with Crippen LogP contribution in [0.3, 0.4) is 0 Å². The fraction of sp³-hybridized carbons (Fsp3) is 0.143. The van der Waals surface area contributed by atoms with Gasteiger partial charge in [0.05, 0.1) is 11.3 Å². The second kappa shape index (κ2) is 5.67. The molecule has 0 spiro atoms. The Morgan fingerprint density at radius 1 is 0.857 bits per heavy atom. The van der Waals surface area contributed by atoms with Gasteiger partial charge in [-0.25, -0.2) is 13.2 Å². The predicted octanol–water partition coefficient (Wildman–Crippen LogP) is 4.73. The first-order valence-electron chi connectivity index (χ1n) is 5.81. The third kappa shape index (κ3) is 3.90. The van der Waals surface area contributed by atoms with Crippen LogP contribution >= 0.6 is 0 Å². The van der Waals surface area contributed by atoms with Crippen molar-refractivity contribution in [2.75, 3.05) is 5.32 Å². The lowest BCUT2D eigenvalue weighted by Gasteiger charge is -2.11. The summed E-state index contributed by atoms with van der Waals surface area (Å²) in [5.41, 5.74) is -1.39. The molecular weight excluding hydrogens is 296 g/mol. The van der Waals surface area contributed by atoms with E-state index in [4.69, 9.17) is 0 Å². The Balaban J connectivity index is 2.20. The van der Waals surface area contributed by atoms with E-state index >= 15 is 0 Å². The van der Waals surface area contributed by atoms with Crippen molar-refractivity contribution in [2.45, 2.75) is 12.7 Å². The van der Waals surface area contributed by atoms with Crippen LogP contribution in [0, 0.1) is 17.5 Å². The Bertz CT molecular complexity index is 650. The zero-order chi connectivity index (χ0) is 15.6. The highest BCUT2D eigenvalue weighted by Crippen LogP contribution is 2.30. The predicted molar refractivity (Wildman–Crippen MR) is 65.1 cm³/mol. The van der Waals surface area contributed by atoms with Crippen LogP contribution < -0.4 is 5.32 Å². The van der Waals surface area contributed by atoms with Gasteiger partial charge >= 0.3 is 6.18 Å². The fourth-order valence-corrected chi connectivity index (χ4v) is 1.75. The number of halogens is 6. The Morgan fingerprint density at radius 3 is 2.24 bits per heavy atom. The zero-order valence-electron chi connectivity index (χ0n) is 10.4. The molecule has 1 nitrogen and oxygen atoms in total. The van der Waals surface area contributed by atoms with Crippen molar-refractivity contribution in [1.82, 2.24) is 0 Å². The monoisotopic (exact) mass is 305 g/mol. The average molecular weight is 305 g/mol. The van der Waals surface area contributed by atoms with Crippen LogP contribution in [0.15, 0.2) is 36.4 Å². The van der Waals surface area contributed by atoms with E-state index in [1.165, 1.54) is 0 Å². The van der Waals surface area contributed by atoms with Crippen molar-refractivity contribution in [2.24, 2.45) is 0 Å². The van der Waals surface area contributed by atoms with Gasteiger partial charge in [0.15, 0.2) is 0 Å². The zero-order valence-corrected chi connectivity index (χ0v) is 10.4. The van der Waals surface area contributed by atoms with E-state index in [1.807, 2.05) is 0 Å². The number of hydrogen-bond acceptors (Lipinski definition) is 1. The highest BCUT2D eigenvalue weighted by Gasteiger charge is 2.31. The summed E-state index contributed by atoms with van der Waals surface area (Å²) in [6.45, 7) is -0.277. The highest BCUT2D eigenvalue weighted by molar-refractivity contribution is 5.45. The minimum atomic E-state index is -4.68. The van der Waals surface area contributed by atoms with Gasteiger partial charge in [0, 0.05) is 6.54 Å². The third-order valence-corrected chi connectivity index (χ3v) is 2.70. The normalized spacial score (nSPS) is 11.5. The number of rotatable bonds is 3. The van der Waals surface area contributed by atoms with Crippen LogP contribution in [0.2, 0.25) is 0 Å². The summed E-state index contributed by atoms with van der Waals surface area (Å²) in [5, 5.41) is 2.43. The summed E-state index contributed by atoms with van der Waals surface area (Å²) in [4.78, 5) is 0. The first kappa shape index (κ1) is 15.2. The number of anilines is 1. The van der Waals surface area contributed by atoms with E-state index in [1.54, 1.807) is 0 Å². The molecule has 0 radical (unpaired) electrons. The van der Waals surface area contributed by atoms with Crippen molar-refractivity contribution in [1.29, 1.82) is 0 Å². The van der Waals surface area contributed by atoms with Crippen LogP contribution in [0.4, 0.5) is 32.0 Å². The lowest BCUT2D eigenvalue weighted by atomic mass is 10.1. The molecular formula is C14H9F6N. The maximum atomic E-state index is 13.3. The van der Waals surface area contributed by atoms with Crippen LogP contribution in [0.25, 0.3) is 0 Å². The van der Waals surface area contributed by atoms with Gasteiger partial charge in [-0.05, 0) is 42.0 Å². The van der Waals surface area contributed by atoms with Crippen molar-refractivity contribution < 1.29 is 26.3 Å². The maximum absolute atomic E-state index is 13.3. The molecule has 7 heteroatoms. The standard InChI is InChI=1S/C14H9F6N/c15-10-1-2-12(17)13(6-10)21-7-8-3-9(14(18,19)20)5-11(16)4-8/h1-6,21H,7H2. The molecule has 2 aromatic carbocycles. The van der Waals surface area contributed by atoms with E-state index in [0.29, 0.717) is 6.07 Å². The van der Waals surface area contributed by atoms with Crippen LogP contribution in [0.1, 0.15) is 11.1 Å². The van der Waals surface area contributed by atoms with Crippen molar-refractivity contribution in [3.05, 3.63) is 65.0 Å². The Morgan fingerprint density at radius 2 is 1.57 bits per heavy atom. The van der Waals surface area contributed by atoms with Gasteiger partial charge in [-0.1, -0.05) is 0 Å². The molecule has 0 aliphatic heterocycles. The van der Waals surface area contributed by atoms with E-state index in [-0.39, 0.29) is 17.8 Å². The summed E-state index contributed by atoms with van der Waals surface area (Å²) >= 11 is 0. The molecule has 0 aromatic heterocycles. The third-order valence-electron chi connectivity index (χ3n) is 2.70. The highest BCUT2D eigenvalue weighted by atomic mass is 19.4. The Kier molecular flexibility index (Phi) is 4.11. The van der Waals surface area contributed by atoms with Crippen LogP contribution in [0.5, 0.6) is 0 Å². The summed E-state index contributed by atoms with van der Waals surface area (Å²) in [5.74, 6) is -2.51. The topological polar surface area (TPSA) is 12.0 Å². The van der Waals surface area contributed by atoms with Gasteiger partial charge in [-0.2, -0.15) is 13.2 Å². The van der Waals surface area contributed by atoms with E-state index in [0.717, 1.165) is 30.3 Å². The fourth-order valence-electron chi connectivity index (χ4n) is 1.75. The molecule has 112 valence electrons. The molecule has 0 heterocycles. The molecule has 0 saturated heterocycles. The molecule has 1 N–H and O–H groups in total. The van der Waals surface area contributed by atoms with Gasteiger partial charge in [0.1, 0.15) is 17.5 Å². The van der Waals surface area contributed by atoms with Crippen molar-refractivity contribution >= 4 is 5.69 Å². The smallest absolute Gasteiger partial charge is 0.379 e. The molecule has 0 aliphatic rings. The lowest BCUT2D eigenvalue weighted by Crippen LogP contribution is -2.08. The van der Waals surface area contributed by atoms with Gasteiger partial charge in [-0.3, -0.25) is 0 Å². The molecule has 0 fully saturated rings. The number of alkyl halides is 3. The Labute approximate surface area is 116 Å². The quantitative estimate of drug-likeness (QED) is 0.808. The van der Waals surface area contributed by atoms with Crippen LogP contribution in [-0.2, 0) is 12.7 Å². The summed E-state index contributed by atoms with van der Waals surface area (Å²) in [7, 11) is 0. The Hall–Kier alpha value is -2.18. The minimum Gasteiger partial charge on any atom is -0.379 e. The molecule has 0 atom stereocenters. The molecule has 2 rings (SSSR count). The number of hydrogen-bond donors (Lipinski definition) is 1. The molecule has 0 aliphatic carbocycles. The van der Waals surface area contributed by atoms with Gasteiger partial charge in [-0.15, -0.1) is 0 Å². The first-order chi connectivity index (χ1) is 9.75. The number of benzene rings is 2. The van der Waals surface area contributed by atoms with Gasteiger partial charge in [0.25, 0.3) is 0 Å². The maximum Gasteiger partial charge on any atom is 0.416 e.